The second-order valence-electron chi connectivity index (χ2n) is 4.87. The number of H-pyrrole nitrogens is 1. The van der Waals surface area contributed by atoms with Gasteiger partial charge < -0.3 is 9.64 Å². The number of aromatic nitrogens is 2. The first-order valence-corrected chi connectivity index (χ1v) is 8.34. The molecule has 0 aliphatic carbocycles. The van der Waals surface area contributed by atoms with Crippen molar-refractivity contribution in [3.63, 3.8) is 0 Å². The van der Waals surface area contributed by atoms with Crippen molar-refractivity contribution in [3.8, 4) is 5.75 Å². The predicted molar refractivity (Wildman–Crippen MR) is 85.0 cm³/mol. The molecule has 2 rings (SSSR count). The molecule has 8 nitrogen and oxygen atoms in total. The predicted octanol–water partition coefficient (Wildman–Crippen LogP) is 1.31. The van der Waals surface area contributed by atoms with Gasteiger partial charge in [0, 0.05) is 14.1 Å². The van der Waals surface area contributed by atoms with Gasteiger partial charge in [-0.25, -0.2) is 8.42 Å². The van der Waals surface area contributed by atoms with E-state index in [4.69, 9.17) is 4.74 Å². The van der Waals surface area contributed by atoms with E-state index in [1.54, 1.807) is 26.2 Å². The number of nitrogens with one attached hydrogen (secondary N) is 2. The number of sulfonamides is 1. The van der Waals surface area contributed by atoms with Crippen LogP contribution in [-0.2, 0) is 10.0 Å². The second-order valence-corrected chi connectivity index (χ2v) is 6.55. The van der Waals surface area contributed by atoms with Crippen molar-refractivity contribution in [2.75, 3.05) is 25.4 Å². The molecule has 2 aromatic rings. The lowest BCUT2D eigenvalue weighted by Gasteiger charge is -2.12. The lowest BCUT2D eigenvalue weighted by atomic mass is 10.3. The van der Waals surface area contributed by atoms with E-state index in [0.29, 0.717) is 12.4 Å². The van der Waals surface area contributed by atoms with Crippen molar-refractivity contribution < 1.29 is 17.9 Å². The van der Waals surface area contributed by atoms with E-state index < -0.39 is 10.0 Å². The summed E-state index contributed by atoms with van der Waals surface area (Å²) in [5.41, 5.74) is 0.143. The third-order valence-electron chi connectivity index (χ3n) is 2.96. The lowest BCUT2D eigenvalue weighted by molar-refractivity contribution is 0.0828. The molecule has 0 unspecified atom stereocenters. The fourth-order valence-electron chi connectivity index (χ4n) is 1.84. The summed E-state index contributed by atoms with van der Waals surface area (Å²) in [5.74, 6) is 0.247. The van der Waals surface area contributed by atoms with Crippen LogP contribution in [0.1, 0.15) is 17.3 Å². The maximum atomic E-state index is 12.4. The molecule has 0 aliphatic rings. The molecule has 124 valence electrons. The second kappa shape index (κ2) is 6.69. The SMILES string of the molecule is CCOc1ccc(S(=O)(=O)Nc2[nH]ncc2C(=O)N(C)C)cc1. The van der Waals surface area contributed by atoms with Gasteiger partial charge in [0.2, 0.25) is 0 Å². The Hall–Kier alpha value is -2.55. The zero-order valence-corrected chi connectivity index (χ0v) is 13.8. The highest BCUT2D eigenvalue weighted by atomic mass is 32.2. The average molecular weight is 338 g/mol. The zero-order chi connectivity index (χ0) is 17.0. The molecule has 0 spiro atoms. The van der Waals surface area contributed by atoms with Crippen molar-refractivity contribution in [1.29, 1.82) is 0 Å². The Morgan fingerprint density at radius 1 is 1.30 bits per heavy atom. The number of hydrogen-bond donors (Lipinski definition) is 2. The third-order valence-corrected chi connectivity index (χ3v) is 4.32. The van der Waals surface area contributed by atoms with E-state index >= 15 is 0 Å². The molecule has 0 aliphatic heterocycles. The number of aromatic amines is 1. The maximum absolute atomic E-state index is 12.4. The van der Waals surface area contributed by atoms with E-state index in [-0.39, 0.29) is 22.2 Å². The van der Waals surface area contributed by atoms with Crippen molar-refractivity contribution in [1.82, 2.24) is 15.1 Å². The van der Waals surface area contributed by atoms with Gasteiger partial charge in [0.05, 0.1) is 17.7 Å². The molecule has 1 aromatic heterocycles. The summed E-state index contributed by atoms with van der Waals surface area (Å²) in [6.45, 7) is 2.34. The van der Waals surface area contributed by atoms with E-state index in [1.165, 1.54) is 23.2 Å². The number of anilines is 1. The smallest absolute Gasteiger partial charge is 0.263 e. The van der Waals surface area contributed by atoms with Gasteiger partial charge in [0.1, 0.15) is 17.1 Å². The molecule has 0 saturated carbocycles. The van der Waals surface area contributed by atoms with E-state index in [1.807, 2.05) is 6.92 Å². The highest BCUT2D eigenvalue weighted by Gasteiger charge is 2.21. The molecule has 23 heavy (non-hydrogen) atoms. The van der Waals surface area contributed by atoms with Gasteiger partial charge in [-0.2, -0.15) is 5.10 Å². The van der Waals surface area contributed by atoms with Crippen LogP contribution < -0.4 is 9.46 Å². The largest absolute Gasteiger partial charge is 0.494 e. The van der Waals surface area contributed by atoms with Gasteiger partial charge >= 0.3 is 0 Å². The monoisotopic (exact) mass is 338 g/mol. The van der Waals surface area contributed by atoms with Crippen LogP contribution in [0.15, 0.2) is 35.4 Å². The van der Waals surface area contributed by atoms with Gasteiger partial charge in [-0.05, 0) is 31.2 Å². The van der Waals surface area contributed by atoms with E-state index in [0.717, 1.165) is 0 Å². The fourth-order valence-corrected chi connectivity index (χ4v) is 2.88. The Balaban J connectivity index is 2.25. The number of nitrogens with zero attached hydrogens (tertiary/aromatic N) is 2. The minimum atomic E-state index is -3.84. The third kappa shape index (κ3) is 3.81. The molecular formula is C14H18N4O4S. The highest BCUT2D eigenvalue weighted by Crippen LogP contribution is 2.20. The van der Waals surface area contributed by atoms with Crippen LogP contribution in [0.25, 0.3) is 0 Å². The number of carbonyl (C=O) groups is 1. The normalized spacial score (nSPS) is 11.1. The molecule has 0 atom stereocenters. The van der Waals surface area contributed by atoms with Crippen LogP contribution >= 0.6 is 0 Å². The minimum Gasteiger partial charge on any atom is -0.494 e. The summed E-state index contributed by atoms with van der Waals surface area (Å²) in [4.78, 5) is 13.4. The standard InChI is InChI=1S/C14H18N4O4S/c1-4-22-10-5-7-11(8-6-10)23(20,21)17-13-12(9-15-16-13)14(19)18(2)3/h5-9H,4H2,1-3H3,(H2,15,16,17). The topological polar surface area (TPSA) is 104 Å². The van der Waals surface area contributed by atoms with Crippen LogP contribution in [0.2, 0.25) is 0 Å². The molecule has 0 radical (unpaired) electrons. The Labute approximate surface area is 134 Å². The summed E-state index contributed by atoms with van der Waals surface area (Å²) >= 11 is 0. The summed E-state index contributed by atoms with van der Waals surface area (Å²) < 4.78 is 32.4. The van der Waals surface area contributed by atoms with Gasteiger partial charge in [-0.15, -0.1) is 0 Å². The number of rotatable bonds is 6. The average Bonchev–Trinajstić information content (AvgIpc) is 2.94. The number of ether oxygens (including phenoxy) is 1. The highest BCUT2D eigenvalue weighted by molar-refractivity contribution is 7.92. The minimum absolute atomic E-state index is 0.0255. The number of benzene rings is 1. The van der Waals surface area contributed by atoms with E-state index in [9.17, 15) is 13.2 Å². The molecule has 2 N–H and O–H groups in total. The number of amides is 1. The van der Waals surface area contributed by atoms with E-state index in [2.05, 4.69) is 14.9 Å². The quantitative estimate of drug-likeness (QED) is 0.826. The molecule has 1 heterocycles. The summed E-state index contributed by atoms with van der Waals surface area (Å²) in [6, 6.07) is 5.99. The summed E-state index contributed by atoms with van der Waals surface area (Å²) in [7, 11) is -0.705. The van der Waals surface area contributed by atoms with Crippen molar-refractivity contribution >= 4 is 21.7 Å². The van der Waals surface area contributed by atoms with Crippen LogP contribution in [-0.4, -0.2) is 50.1 Å². The van der Waals surface area contributed by atoms with Crippen LogP contribution in [0, 0.1) is 0 Å². The number of hydrogen-bond acceptors (Lipinski definition) is 5. The van der Waals surface area contributed by atoms with Crippen molar-refractivity contribution in [3.05, 3.63) is 36.0 Å². The summed E-state index contributed by atoms with van der Waals surface area (Å²) in [5, 5.41) is 6.21. The molecule has 9 heteroatoms. The van der Waals surface area contributed by atoms with Crippen LogP contribution in [0.3, 0.4) is 0 Å². The molecule has 0 bridgehead atoms. The molecule has 1 amide bonds. The fraction of sp³-hybridized carbons (Fsp3) is 0.286. The van der Waals surface area contributed by atoms with Gasteiger partial charge in [-0.3, -0.25) is 14.6 Å². The Kier molecular flexibility index (Phi) is 4.89. The van der Waals surface area contributed by atoms with Crippen molar-refractivity contribution in [2.24, 2.45) is 0 Å². The molecule has 0 fully saturated rings. The Morgan fingerprint density at radius 3 is 2.52 bits per heavy atom. The number of carbonyl (C=O) groups excluding carboxylic acids is 1. The van der Waals surface area contributed by atoms with Crippen LogP contribution in [0.5, 0.6) is 5.75 Å². The lowest BCUT2D eigenvalue weighted by Crippen LogP contribution is -2.23. The first-order chi connectivity index (χ1) is 10.8. The zero-order valence-electron chi connectivity index (χ0n) is 13.0. The molecule has 0 saturated heterocycles. The maximum Gasteiger partial charge on any atom is 0.263 e. The first-order valence-electron chi connectivity index (χ1n) is 6.86. The molecule has 1 aromatic carbocycles. The van der Waals surface area contributed by atoms with Gasteiger partial charge in [0.25, 0.3) is 15.9 Å². The van der Waals surface area contributed by atoms with Gasteiger partial charge in [-0.1, -0.05) is 0 Å². The Bertz CT molecular complexity index is 781. The molecular weight excluding hydrogens is 320 g/mol. The Morgan fingerprint density at radius 2 is 1.96 bits per heavy atom. The van der Waals surface area contributed by atoms with Gasteiger partial charge in [0.15, 0.2) is 0 Å². The first kappa shape index (κ1) is 16.8. The van der Waals surface area contributed by atoms with Crippen LogP contribution in [0.4, 0.5) is 5.82 Å². The summed E-state index contributed by atoms with van der Waals surface area (Å²) in [6.07, 6.45) is 1.28. The van der Waals surface area contributed by atoms with Crippen molar-refractivity contribution in [2.45, 2.75) is 11.8 Å².